The molecule has 0 saturated heterocycles. The predicted molar refractivity (Wildman–Crippen MR) is 56.3 cm³/mol. The highest BCUT2D eigenvalue weighted by Gasteiger charge is 2.27. The van der Waals surface area contributed by atoms with Gasteiger partial charge in [0.15, 0.2) is 0 Å². The second-order valence-corrected chi connectivity index (χ2v) is 4.56. The van der Waals surface area contributed by atoms with E-state index in [0.717, 1.165) is 19.3 Å². The molecular weight excluding hydrogens is 194 g/mol. The Kier molecular flexibility index (Phi) is 4.12. The van der Waals surface area contributed by atoms with Crippen molar-refractivity contribution in [3.8, 4) is 0 Å². The van der Waals surface area contributed by atoms with Crippen molar-refractivity contribution >= 4 is 11.9 Å². The van der Waals surface area contributed by atoms with E-state index >= 15 is 0 Å². The summed E-state index contributed by atoms with van der Waals surface area (Å²) in [7, 11) is 0. The Morgan fingerprint density at radius 2 is 2.00 bits per heavy atom. The number of amides is 1. The first-order valence-corrected chi connectivity index (χ1v) is 5.53. The van der Waals surface area contributed by atoms with Crippen molar-refractivity contribution in [2.45, 2.75) is 33.1 Å². The van der Waals surface area contributed by atoms with Crippen molar-refractivity contribution in [1.82, 2.24) is 5.32 Å². The molecule has 0 aliphatic heterocycles. The molecule has 0 radical (unpaired) electrons. The molecule has 1 aliphatic rings. The van der Waals surface area contributed by atoms with E-state index in [1.165, 1.54) is 0 Å². The van der Waals surface area contributed by atoms with Gasteiger partial charge in [-0.05, 0) is 18.8 Å². The molecular formula is C11H19NO3. The van der Waals surface area contributed by atoms with Crippen molar-refractivity contribution in [1.29, 1.82) is 0 Å². The molecule has 1 fully saturated rings. The van der Waals surface area contributed by atoms with Crippen molar-refractivity contribution in [2.75, 3.05) is 6.54 Å². The van der Waals surface area contributed by atoms with Gasteiger partial charge < -0.3 is 10.4 Å². The van der Waals surface area contributed by atoms with Crippen LogP contribution in [-0.4, -0.2) is 23.5 Å². The normalized spacial score (nSPS) is 18.3. The van der Waals surface area contributed by atoms with Gasteiger partial charge in [-0.3, -0.25) is 9.59 Å². The minimum absolute atomic E-state index is 0.0214. The number of nitrogens with one attached hydrogen (secondary N) is 1. The lowest BCUT2D eigenvalue weighted by Gasteiger charge is -2.25. The average Bonchev–Trinajstić information content (AvgIpc) is 1.99. The lowest BCUT2D eigenvalue weighted by Crippen LogP contribution is -2.40. The van der Waals surface area contributed by atoms with E-state index in [2.05, 4.69) is 5.32 Å². The fourth-order valence-electron chi connectivity index (χ4n) is 1.63. The largest absolute Gasteiger partial charge is 0.481 e. The molecule has 1 amide bonds. The van der Waals surface area contributed by atoms with Crippen molar-refractivity contribution in [3.63, 3.8) is 0 Å². The Bertz CT molecular complexity index is 246. The minimum atomic E-state index is -0.834. The minimum Gasteiger partial charge on any atom is -0.481 e. The van der Waals surface area contributed by atoms with Gasteiger partial charge in [-0.1, -0.05) is 20.3 Å². The zero-order valence-corrected chi connectivity index (χ0v) is 9.32. The summed E-state index contributed by atoms with van der Waals surface area (Å²) in [5.74, 6) is -1.11. The van der Waals surface area contributed by atoms with Crippen LogP contribution in [0.3, 0.4) is 0 Å². The van der Waals surface area contributed by atoms with Crippen LogP contribution in [-0.2, 0) is 9.59 Å². The standard InChI is InChI=1S/C11H19NO3/c1-7(2)9(11(14)15)6-12-10(13)8-4-3-5-8/h7-9H,3-6H2,1-2H3,(H,12,13)(H,14,15). The molecule has 1 saturated carbocycles. The van der Waals surface area contributed by atoms with Gasteiger partial charge in [0.2, 0.25) is 5.91 Å². The Balaban J connectivity index is 2.32. The Morgan fingerprint density at radius 1 is 1.40 bits per heavy atom. The topological polar surface area (TPSA) is 66.4 Å². The van der Waals surface area contributed by atoms with Gasteiger partial charge >= 0.3 is 5.97 Å². The number of carbonyl (C=O) groups is 2. The van der Waals surface area contributed by atoms with Crippen LogP contribution in [0.25, 0.3) is 0 Å². The molecule has 0 aromatic rings. The van der Waals surface area contributed by atoms with Gasteiger partial charge in [-0.2, -0.15) is 0 Å². The smallest absolute Gasteiger partial charge is 0.308 e. The van der Waals surface area contributed by atoms with E-state index in [9.17, 15) is 9.59 Å². The fraction of sp³-hybridized carbons (Fsp3) is 0.818. The molecule has 0 aromatic heterocycles. The van der Waals surface area contributed by atoms with Crippen LogP contribution in [0.2, 0.25) is 0 Å². The first kappa shape index (κ1) is 12.0. The Labute approximate surface area is 90.0 Å². The van der Waals surface area contributed by atoms with Crippen LogP contribution < -0.4 is 5.32 Å². The average molecular weight is 213 g/mol. The zero-order chi connectivity index (χ0) is 11.4. The Hall–Kier alpha value is -1.06. The summed E-state index contributed by atoms with van der Waals surface area (Å²) < 4.78 is 0. The fourth-order valence-corrected chi connectivity index (χ4v) is 1.63. The van der Waals surface area contributed by atoms with Gasteiger partial charge in [0.1, 0.15) is 0 Å². The zero-order valence-electron chi connectivity index (χ0n) is 9.32. The summed E-state index contributed by atoms with van der Waals surface area (Å²) >= 11 is 0. The molecule has 4 heteroatoms. The molecule has 15 heavy (non-hydrogen) atoms. The van der Waals surface area contributed by atoms with E-state index in [4.69, 9.17) is 5.11 Å². The van der Waals surface area contributed by atoms with Gasteiger partial charge in [0.05, 0.1) is 5.92 Å². The first-order chi connectivity index (χ1) is 7.02. The second kappa shape index (κ2) is 5.14. The van der Waals surface area contributed by atoms with Gasteiger partial charge in [-0.25, -0.2) is 0 Å². The molecule has 0 aromatic carbocycles. The first-order valence-electron chi connectivity index (χ1n) is 5.53. The monoisotopic (exact) mass is 213 g/mol. The highest BCUT2D eigenvalue weighted by Crippen LogP contribution is 2.26. The van der Waals surface area contributed by atoms with Crippen LogP contribution in [0.5, 0.6) is 0 Å². The maximum atomic E-state index is 11.5. The molecule has 2 N–H and O–H groups in total. The third-order valence-electron chi connectivity index (χ3n) is 3.09. The summed E-state index contributed by atoms with van der Waals surface area (Å²) in [5.41, 5.74) is 0. The Morgan fingerprint density at radius 3 is 2.33 bits per heavy atom. The lowest BCUT2D eigenvalue weighted by molar-refractivity contribution is -0.143. The van der Waals surface area contributed by atoms with Crippen LogP contribution in [0.1, 0.15) is 33.1 Å². The highest BCUT2D eigenvalue weighted by molar-refractivity contribution is 5.80. The van der Waals surface area contributed by atoms with E-state index in [1.807, 2.05) is 13.8 Å². The summed E-state index contributed by atoms with van der Waals surface area (Å²) in [6, 6.07) is 0. The number of rotatable bonds is 5. The SMILES string of the molecule is CC(C)C(CNC(=O)C1CCC1)C(=O)O. The number of aliphatic carboxylic acids is 1. The summed E-state index contributed by atoms with van der Waals surface area (Å²) in [5, 5.41) is 11.6. The maximum absolute atomic E-state index is 11.5. The van der Waals surface area contributed by atoms with Crippen LogP contribution in [0, 0.1) is 17.8 Å². The van der Waals surface area contributed by atoms with Crippen LogP contribution in [0.15, 0.2) is 0 Å². The number of carboxylic acid groups (broad SMARTS) is 1. The molecule has 0 bridgehead atoms. The molecule has 1 unspecified atom stereocenters. The number of carbonyl (C=O) groups excluding carboxylic acids is 1. The van der Waals surface area contributed by atoms with Crippen molar-refractivity contribution < 1.29 is 14.7 Å². The quantitative estimate of drug-likeness (QED) is 0.722. The molecule has 0 spiro atoms. The van der Waals surface area contributed by atoms with Gasteiger partial charge in [0, 0.05) is 12.5 Å². The number of carboxylic acids is 1. The predicted octanol–water partition coefficient (Wildman–Crippen LogP) is 1.26. The summed E-state index contributed by atoms with van der Waals surface area (Å²) in [6.07, 6.45) is 3.02. The number of hydrogen-bond acceptors (Lipinski definition) is 2. The summed E-state index contributed by atoms with van der Waals surface area (Å²) in [4.78, 5) is 22.3. The molecule has 4 nitrogen and oxygen atoms in total. The van der Waals surface area contributed by atoms with Crippen LogP contribution >= 0.6 is 0 Å². The molecule has 1 aliphatic carbocycles. The third kappa shape index (κ3) is 3.22. The van der Waals surface area contributed by atoms with E-state index in [1.54, 1.807) is 0 Å². The lowest BCUT2D eigenvalue weighted by atomic mass is 9.84. The molecule has 86 valence electrons. The maximum Gasteiger partial charge on any atom is 0.308 e. The number of hydrogen-bond donors (Lipinski definition) is 2. The molecule has 0 heterocycles. The van der Waals surface area contributed by atoms with E-state index < -0.39 is 11.9 Å². The van der Waals surface area contributed by atoms with Gasteiger partial charge in [-0.15, -0.1) is 0 Å². The van der Waals surface area contributed by atoms with E-state index in [-0.39, 0.29) is 24.3 Å². The van der Waals surface area contributed by atoms with Crippen molar-refractivity contribution in [2.24, 2.45) is 17.8 Å². The molecule has 1 atom stereocenters. The third-order valence-corrected chi connectivity index (χ3v) is 3.09. The van der Waals surface area contributed by atoms with Gasteiger partial charge in [0.25, 0.3) is 0 Å². The van der Waals surface area contributed by atoms with Crippen LogP contribution in [0.4, 0.5) is 0 Å². The summed E-state index contributed by atoms with van der Waals surface area (Å²) in [6.45, 7) is 3.96. The van der Waals surface area contributed by atoms with Crippen molar-refractivity contribution in [3.05, 3.63) is 0 Å². The second-order valence-electron chi connectivity index (χ2n) is 4.56. The highest BCUT2D eigenvalue weighted by atomic mass is 16.4. The molecule has 1 rings (SSSR count). The van der Waals surface area contributed by atoms with E-state index in [0.29, 0.717) is 0 Å².